The summed E-state index contributed by atoms with van der Waals surface area (Å²) in [4.78, 5) is 25.6. The molecule has 5 nitrogen and oxygen atoms in total. The second-order valence-corrected chi connectivity index (χ2v) is 5.91. The van der Waals surface area contributed by atoms with Crippen LogP contribution in [0.3, 0.4) is 0 Å². The summed E-state index contributed by atoms with van der Waals surface area (Å²) >= 11 is 0. The van der Waals surface area contributed by atoms with Gasteiger partial charge in [0.15, 0.2) is 0 Å². The van der Waals surface area contributed by atoms with Crippen LogP contribution in [0.2, 0.25) is 0 Å². The van der Waals surface area contributed by atoms with Crippen molar-refractivity contribution in [1.82, 2.24) is 10.2 Å². The lowest BCUT2D eigenvalue weighted by molar-refractivity contribution is -0.136. The predicted molar refractivity (Wildman–Crippen MR) is 82.6 cm³/mol. The SMILES string of the molecule is CC(C)C(=O)NC1CCN(C(=O)C(C)C(C)N)CC1.Cl. The molecular formula is C14H28ClN3O2. The lowest BCUT2D eigenvalue weighted by Gasteiger charge is -2.34. The summed E-state index contributed by atoms with van der Waals surface area (Å²) < 4.78 is 0. The topological polar surface area (TPSA) is 75.4 Å². The van der Waals surface area contributed by atoms with Gasteiger partial charge in [-0.05, 0) is 19.8 Å². The first-order valence-corrected chi connectivity index (χ1v) is 7.17. The molecule has 2 atom stereocenters. The number of nitrogens with zero attached hydrogens (tertiary/aromatic N) is 1. The molecule has 1 fully saturated rings. The van der Waals surface area contributed by atoms with E-state index in [1.807, 2.05) is 32.6 Å². The van der Waals surface area contributed by atoms with Gasteiger partial charge in [-0.3, -0.25) is 9.59 Å². The van der Waals surface area contributed by atoms with E-state index in [4.69, 9.17) is 5.73 Å². The third-order valence-corrected chi connectivity index (χ3v) is 3.86. The molecule has 3 N–H and O–H groups in total. The summed E-state index contributed by atoms with van der Waals surface area (Å²) in [5.41, 5.74) is 5.77. The Kier molecular flexibility index (Phi) is 8.13. The van der Waals surface area contributed by atoms with Crippen LogP contribution in [-0.4, -0.2) is 41.9 Å². The number of hydrogen-bond donors (Lipinski definition) is 2. The molecular weight excluding hydrogens is 278 g/mol. The second kappa shape index (κ2) is 8.47. The van der Waals surface area contributed by atoms with Gasteiger partial charge in [0.1, 0.15) is 0 Å². The van der Waals surface area contributed by atoms with E-state index in [0.29, 0.717) is 13.1 Å². The Labute approximate surface area is 128 Å². The number of carbonyl (C=O) groups excluding carboxylic acids is 2. The molecule has 1 rings (SSSR count). The second-order valence-electron chi connectivity index (χ2n) is 5.91. The monoisotopic (exact) mass is 305 g/mol. The van der Waals surface area contributed by atoms with E-state index in [9.17, 15) is 9.59 Å². The van der Waals surface area contributed by atoms with Crippen LogP contribution in [0.1, 0.15) is 40.5 Å². The van der Waals surface area contributed by atoms with Gasteiger partial charge in [-0.1, -0.05) is 20.8 Å². The first-order valence-electron chi connectivity index (χ1n) is 7.17. The summed E-state index contributed by atoms with van der Waals surface area (Å²) in [7, 11) is 0. The van der Waals surface area contributed by atoms with Gasteiger partial charge in [0.25, 0.3) is 0 Å². The van der Waals surface area contributed by atoms with Crippen molar-refractivity contribution >= 4 is 24.2 Å². The number of hydrogen-bond acceptors (Lipinski definition) is 3. The van der Waals surface area contributed by atoms with Crippen LogP contribution >= 0.6 is 12.4 Å². The van der Waals surface area contributed by atoms with E-state index in [1.165, 1.54) is 0 Å². The number of carbonyl (C=O) groups is 2. The maximum atomic E-state index is 12.1. The summed E-state index contributed by atoms with van der Waals surface area (Å²) in [6.45, 7) is 8.92. The largest absolute Gasteiger partial charge is 0.353 e. The Hall–Kier alpha value is -0.810. The molecule has 0 saturated carbocycles. The van der Waals surface area contributed by atoms with Gasteiger partial charge >= 0.3 is 0 Å². The minimum atomic E-state index is -0.137. The smallest absolute Gasteiger partial charge is 0.226 e. The van der Waals surface area contributed by atoms with E-state index < -0.39 is 0 Å². The molecule has 0 aromatic rings. The highest BCUT2D eigenvalue weighted by atomic mass is 35.5. The highest BCUT2D eigenvalue weighted by Crippen LogP contribution is 2.15. The average molecular weight is 306 g/mol. The van der Waals surface area contributed by atoms with Crippen LogP contribution in [-0.2, 0) is 9.59 Å². The molecule has 1 aliphatic rings. The van der Waals surface area contributed by atoms with Crippen molar-refractivity contribution in [2.75, 3.05) is 13.1 Å². The van der Waals surface area contributed by atoms with Crippen LogP contribution in [0.4, 0.5) is 0 Å². The molecule has 0 aromatic carbocycles. The summed E-state index contributed by atoms with van der Waals surface area (Å²) in [5, 5.41) is 3.03. The lowest BCUT2D eigenvalue weighted by atomic mass is 9.99. The quantitative estimate of drug-likeness (QED) is 0.818. The van der Waals surface area contributed by atoms with Gasteiger partial charge in [0.2, 0.25) is 11.8 Å². The number of nitrogens with two attached hydrogens (primary N) is 1. The molecule has 0 aromatic heterocycles. The van der Waals surface area contributed by atoms with Crippen molar-refractivity contribution < 1.29 is 9.59 Å². The number of likely N-dealkylation sites (tertiary alicyclic amines) is 1. The Bertz CT molecular complexity index is 326. The maximum absolute atomic E-state index is 12.1. The van der Waals surface area contributed by atoms with E-state index in [-0.39, 0.29) is 48.1 Å². The van der Waals surface area contributed by atoms with Gasteiger partial charge in [-0.15, -0.1) is 12.4 Å². The Morgan fingerprint density at radius 3 is 2.05 bits per heavy atom. The third-order valence-electron chi connectivity index (χ3n) is 3.86. The first kappa shape index (κ1) is 19.2. The minimum absolute atomic E-state index is 0. The molecule has 2 unspecified atom stereocenters. The van der Waals surface area contributed by atoms with Crippen molar-refractivity contribution in [1.29, 1.82) is 0 Å². The van der Waals surface area contributed by atoms with Crippen molar-refractivity contribution in [2.24, 2.45) is 17.6 Å². The Balaban J connectivity index is 0.00000361. The van der Waals surface area contributed by atoms with Crippen LogP contribution in [0.25, 0.3) is 0 Å². The minimum Gasteiger partial charge on any atom is -0.353 e. The number of rotatable bonds is 4. The highest BCUT2D eigenvalue weighted by molar-refractivity contribution is 5.85. The molecule has 1 heterocycles. The van der Waals surface area contributed by atoms with Gasteiger partial charge in [-0.25, -0.2) is 0 Å². The standard InChI is InChI=1S/C14H27N3O2.ClH/c1-9(2)13(18)16-12-5-7-17(8-6-12)14(19)10(3)11(4)15;/h9-12H,5-8,15H2,1-4H3,(H,16,18);1H. The highest BCUT2D eigenvalue weighted by Gasteiger charge is 2.28. The fourth-order valence-corrected chi connectivity index (χ4v) is 2.12. The molecule has 0 radical (unpaired) electrons. The first-order chi connectivity index (χ1) is 8.82. The van der Waals surface area contributed by atoms with E-state index in [2.05, 4.69) is 5.32 Å². The zero-order valence-corrected chi connectivity index (χ0v) is 13.7. The predicted octanol–water partition coefficient (Wildman–Crippen LogP) is 1.15. The van der Waals surface area contributed by atoms with Crippen molar-refractivity contribution in [3.63, 3.8) is 0 Å². The van der Waals surface area contributed by atoms with E-state index >= 15 is 0 Å². The number of amides is 2. The lowest BCUT2D eigenvalue weighted by Crippen LogP contribution is -2.50. The molecule has 118 valence electrons. The van der Waals surface area contributed by atoms with Crippen molar-refractivity contribution in [3.05, 3.63) is 0 Å². The van der Waals surface area contributed by atoms with E-state index in [1.54, 1.807) is 0 Å². The number of nitrogens with one attached hydrogen (secondary N) is 1. The van der Waals surface area contributed by atoms with E-state index in [0.717, 1.165) is 12.8 Å². The molecule has 1 saturated heterocycles. The zero-order chi connectivity index (χ0) is 14.6. The summed E-state index contributed by atoms with van der Waals surface area (Å²) in [6, 6.07) is 0.0791. The Morgan fingerprint density at radius 1 is 1.15 bits per heavy atom. The average Bonchev–Trinajstić information content (AvgIpc) is 2.37. The summed E-state index contributed by atoms with van der Waals surface area (Å²) in [6.07, 6.45) is 1.66. The van der Waals surface area contributed by atoms with Crippen LogP contribution in [0.5, 0.6) is 0 Å². The molecule has 0 spiro atoms. The maximum Gasteiger partial charge on any atom is 0.226 e. The number of piperidine rings is 1. The molecule has 0 aliphatic carbocycles. The van der Waals surface area contributed by atoms with Crippen molar-refractivity contribution in [2.45, 2.75) is 52.6 Å². The van der Waals surface area contributed by atoms with Crippen molar-refractivity contribution in [3.8, 4) is 0 Å². The summed E-state index contributed by atoms with van der Waals surface area (Å²) in [5.74, 6) is 0.0944. The molecule has 2 amide bonds. The Morgan fingerprint density at radius 2 is 1.65 bits per heavy atom. The van der Waals surface area contributed by atoms with Crippen LogP contribution < -0.4 is 11.1 Å². The van der Waals surface area contributed by atoms with Gasteiger partial charge in [-0.2, -0.15) is 0 Å². The third kappa shape index (κ3) is 5.29. The van der Waals surface area contributed by atoms with Gasteiger partial charge in [0, 0.05) is 31.1 Å². The molecule has 0 bridgehead atoms. The molecule has 20 heavy (non-hydrogen) atoms. The van der Waals surface area contributed by atoms with Gasteiger partial charge < -0.3 is 16.0 Å². The van der Waals surface area contributed by atoms with Gasteiger partial charge in [0.05, 0.1) is 5.92 Å². The molecule has 6 heteroatoms. The molecule has 1 aliphatic heterocycles. The number of halogens is 1. The van der Waals surface area contributed by atoms with Crippen LogP contribution in [0, 0.1) is 11.8 Å². The fraction of sp³-hybridized carbons (Fsp3) is 0.857. The normalized spacial score (nSPS) is 19.2. The zero-order valence-electron chi connectivity index (χ0n) is 12.9. The van der Waals surface area contributed by atoms with Crippen LogP contribution in [0.15, 0.2) is 0 Å². The fourth-order valence-electron chi connectivity index (χ4n) is 2.12.